The first-order valence-electron chi connectivity index (χ1n) is 9.34. The number of alkyl halides is 3. The lowest BCUT2D eigenvalue weighted by atomic mass is 9.91. The standard InChI is InChI=1S/C21H23F3N2O2/c22-11-16(10-19(27)21(23)24)20(28)14-5-3-13(4-6-14)15-7-8-18(26-12-15)17-2-1-9-25-17/h3-8,12,16-17,20-21,25,28H,1-2,9-11H2/t16-,17?,20-/m1/s1. The van der Waals surface area contributed by atoms with E-state index in [1.807, 2.05) is 12.1 Å². The highest BCUT2D eigenvalue weighted by Crippen LogP contribution is 2.29. The fourth-order valence-corrected chi connectivity index (χ4v) is 3.46. The van der Waals surface area contributed by atoms with Gasteiger partial charge in [-0.05, 0) is 36.6 Å². The molecule has 2 heterocycles. The number of Topliss-reactive ketones (excluding diaryl/α,β-unsaturated/α-hetero) is 1. The fraction of sp³-hybridized carbons (Fsp3) is 0.429. The summed E-state index contributed by atoms with van der Waals surface area (Å²) in [5, 5.41) is 13.7. The van der Waals surface area contributed by atoms with Crippen LogP contribution in [0.1, 0.15) is 42.7 Å². The van der Waals surface area contributed by atoms with Crippen LogP contribution in [0.4, 0.5) is 13.2 Å². The topological polar surface area (TPSA) is 62.2 Å². The van der Waals surface area contributed by atoms with Crippen molar-refractivity contribution in [2.24, 2.45) is 5.92 Å². The van der Waals surface area contributed by atoms with Gasteiger partial charge in [0, 0.05) is 30.1 Å². The van der Waals surface area contributed by atoms with Gasteiger partial charge in [-0.1, -0.05) is 30.3 Å². The molecule has 2 N–H and O–H groups in total. The van der Waals surface area contributed by atoms with Gasteiger partial charge < -0.3 is 10.4 Å². The number of carbonyl (C=O) groups is 1. The summed E-state index contributed by atoms with van der Waals surface area (Å²) in [6.07, 6.45) is -1.18. The number of aliphatic hydroxyl groups is 1. The number of hydrogen-bond donors (Lipinski definition) is 2. The van der Waals surface area contributed by atoms with Crippen molar-refractivity contribution in [1.82, 2.24) is 10.3 Å². The number of rotatable bonds is 8. The zero-order valence-corrected chi connectivity index (χ0v) is 15.3. The number of halogens is 3. The van der Waals surface area contributed by atoms with E-state index in [0.717, 1.165) is 36.2 Å². The average molecular weight is 392 g/mol. The van der Waals surface area contributed by atoms with Gasteiger partial charge in [0.2, 0.25) is 0 Å². The van der Waals surface area contributed by atoms with E-state index in [-0.39, 0.29) is 0 Å². The summed E-state index contributed by atoms with van der Waals surface area (Å²) in [5.74, 6) is -2.55. The molecule has 0 bridgehead atoms. The van der Waals surface area contributed by atoms with Crippen LogP contribution >= 0.6 is 0 Å². The van der Waals surface area contributed by atoms with E-state index >= 15 is 0 Å². The third kappa shape index (κ3) is 4.77. The van der Waals surface area contributed by atoms with Crippen molar-refractivity contribution in [1.29, 1.82) is 0 Å². The Bertz CT molecular complexity index is 775. The van der Waals surface area contributed by atoms with Gasteiger partial charge in [0.05, 0.1) is 18.5 Å². The summed E-state index contributed by atoms with van der Waals surface area (Å²) >= 11 is 0. The van der Waals surface area contributed by atoms with Gasteiger partial charge in [-0.25, -0.2) is 8.78 Å². The Morgan fingerprint density at radius 2 is 1.89 bits per heavy atom. The molecule has 1 aliphatic rings. The molecule has 1 saturated heterocycles. The first-order valence-corrected chi connectivity index (χ1v) is 9.34. The van der Waals surface area contributed by atoms with Crippen LogP contribution in [0.3, 0.4) is 0 Å². The van der Waals surface area contributed by atoms with E-state index in [2.05, 4.69) is 10.3 Å². The van der Waals surface area contributed by atoms with Crippen molar-refractivity contribution in [2.45, 2.75) is 37.8 Å². The van der Waals surface area contributed by atoms with Crippen LogP contribution in [0.15, 0.2) is 42.6 Å². The molecule has 1 aromatic heterocycles. The monoisotopic (exact) mass is 392 g/mol. The molecule has 0 amide bonds. The largest absolute Gasteiger partial charge is 0.388 e. The molecule has 150 valence electrons. The van der Waals surface area contributed by atoms with E-state index < -0.39 is 37.3 Å². The molecule has 1 fully saturated rings. The lowest BCUT2D eigenvalue weighted by Gasteiger charge is -2.20. The van der Waals surface area contributed by atoms with Gasteiger partial charge in [-0.2, -0.15) is 0 Å². The molecule has 1 aliphatic heterocycles. The van der Waals surface area contributed by atoms with Gasteiger partial charge in [0.25, 0.3) is 6.43 Å². The normalized spacial score (nSPS) is 19.0. The van der Waals surface area contributed by atoms with E-state index in [1.54, 1.807) is 30.5 Å². The summed E-state index contributed by atoms with van der Waals surface area (Å²) in [7, 11) is 0. The van der Waals surface area contributed by atoms with E-state index in [1.165, 1.54) is 0 Å². The van der Waals surface area contributed by atoms with Crippen LogP contribution in [0.5, 0.6) is 0 Å². The van der Waals surface area contributed by atoms with Crippen molar-refractivity contribution in [3.8, 4) is 11.1 Å². The summed E-state index contributed by atoms with van der Waals surface area (Å²) in [6.45, 7) is -0.0529. The summed E-state index contributed by atoms with van der Waals surface area (Å²) in [4.78, 5) is 15.7. The third-order valence-corrected chi connectivity index (χ3v) is 5.14. The second kappa shape index (κ2) is 9.30. The molecule has 4 nitrogen and oxygen atoms in total. The smallest absolute Gasteiger partial charge is 0.295 e. The van der Waals surface area contributed by atoms with E-state index in [9.17, 15) is 23.1 Å². The van der Waals surface area contributed by atoms with Gasteiger partial charge in [-0.15, -0.1) is 0 Å². The lowest BCUT2D eigenvalue weighted by Crippen LogP contribution is -2.22. The maximum Gasteiger partial charge on any atom is 0.295 e. The zero-order chi connectivity index (χ0) is 20.1. The van der Waals surface area contributed by atoms with Gasteiger partial charge in [0.15, 0.2) is 5.78 Å². The van der Waals surface area contributed by atoms with Crippen LogP contribution in [-0.2, 0) is 4.79 Å². The van der Waals surface area contributed by atoms with Gasteiger partial charge in [-0.3, -0.25) is 14.2 Å². The molecular weight excluding hydrogens is 369 g/mol. The summed E-state index contributed by atoms with van der Waals surface area (Å²) in [5.41, 5.74) is 3.16. The first-order chi connectivity index (χ1) is 13.5. The Hall–Kier alpha value is -2.25. The maximum atomic E-state index is 13.2. The molecule has 7 heteroatoms. The molecule has 0 spiro atoms. The van der Waals surface area contributed by atoms with E-state index in [0.29, 0.717) is 11.6 Å². The second-order valence-corrected chi connectivity index (χ2v) is 7.07. The number of carbonyl (C=O) groups excluding carboxylic acids is 1. The predicted molar refractivity (Wildman–Crippen MR) is 99.7 cm³/mol. The molecule has 0 radical (unpaired) electrons. The zero-order valence-electron chi connectivity index (χ0n) is 15.3. The number of nitrogens with zero attached hydrogens (tertiary/aromatic N) is 1. The van der Waals surface area contributed by atoms with Crippen LogP contribution in [0.2, 0.25) is 0 Å². The fourth-order valence-electron chi connectivity index (χ4n) is 3.46. The molecular formula is C21H23F3N2O2. The Morgan fingerprint density at radius 3 is 2.43 bits per heavy atom. The highest BCUT2D eigenvalue weighted by Gasteiger charge is 2.27. The number of aliphatic hydroxyl groups excluding tert-OH is 1. The highest BCUT2D eigenvalue weighted by atomic mass is 19.3. The number of hydrogen-bond acceptors (Lipinski definition) is 4. The molecule has 3 atom stereocenters. The number of aromatic nitrogens is 1. The number of ketones is 1. The number of nitrogens with one attached hydrogen (secondary N) is 1. The van der Waals surface area contributed by atoms with Crippen LogP contribution in [-0.4, -0.2) is 35.5 Å². The lowest BCUT2D eigenvalue weighted by molar-refractivity contribution is -0.131. The number of benzene rings is 1. The summed E-state index contributed by atoms with van der Waals surface area (Å²) in [6, 6.07) is 11.0. The Morgan fingerprint density at radius 1 is 1.18 bits per heavy atom. The minimum atomic E-state index is -3.15. The van der Waals surface area contributed by atoms with Crippen molar-refractivity contribution in [3.63, 3.8) is 0 Å². The van der Waals surface area contributed by atoms with Crippen molar-refractivity contribution in [3.05, 3.63) is 53.9 Å². The summed E-state index contributed by atoms with van der Waals surface area (Å²) < 4.78 is 37.9. The molecule has 0 aliphatic carbocycles. The van der Waals surface area contributed by atoms with Crippen LogP contribution < -0.4 is 5.32 Å². The Balaban J connectivity index is 1.69. The maximum absolute atomic E-state index is 13.2. The van der Waals surface area contributed by atoms with Crippen LogP contribution in [0.25, 0.3) is 11.1 Å². The highest BCUT2D eigenvalue weighted by molar-refractivity contribution is 5.81. The quantitative estimate of drug-likeness (QED) is 0.712. The predicted octanol–water partition coefficient (Wildman–Crippen LogP) is 4.02. The van der Waals surface area contributed by atoms with Gasteiger partial charge >= 0.3 is 0 Å². The van der Waals surface area contributed by atoms with Crippen molar-refractivity contribution >= 4 is 5.78 Å². The molecule has 2 aromatic rings. The first kappa shape index (κ1) is 20.5. The third-order valence-electron chi connectivity index (χ3n) is 5.14. The number of pyridine rings is 1. The minimum Gasteiger partial charge on any atom is -0.388 e. The van der Waals surface area contributed by atoms with Crippen LogP contribution in [0, 0.1) is 5.92 Å². The molecule has 1 unspecified atom stereocenters. The molecule has 3 rings (SSSR count). The second-order valence-electron chi connectivity index (χ2n) is 7.07. The molecule has 1 aromatic carbocycles. The van der Waals surface area contributed by atoms with Crippen molar-refractivity contribution < 1.29 is 23.1 Å². The SMILES string of the molecule is O=C(C[C@H](CF)[C@H](O)c1ccc(-c2ccc(C3CCCN3)nc2)cc1)C(F)F. The minimum absolute atomic E-state index is 0.292. The van der Waals surface area contributed by atoms with Gasteiger partial charge in [0.1, 0.15) is 0 Å². The molecule has 0 saturated carbocycles. The Labute approximate surface area is 161 Å². The average Bonchev–Trinajstić information content (AvgIpc) is 3.26. The van der Waals surface area contributed by atoms with E-state index in [4.69, 9.17) is 0 Å². The van der Waals surface area contributed by atoms with Crippen molar-refractivity contribution in [2.75, 3.05) is 13.2 Å². The molecule has 28 heavy (non-hydrogen) atoms. The Kier molecular flexibility index (Phi) is 6.80.